The number of carboxylic acid groups (broad SMARTS) is 1. The average Bonchev–Trinajstić information content (AvgIpc) is 3.23. The van der Waals surface area contributed by atoms with Gasteiger partial charge in [0.1, 0.15) is 5.69 Å². The molecule has 0 fully saturated rings. The summed E-state index contributed by atoms with van der Waals surface area (Å²) in [6.45, 7) is 1.80. The monoisotopic (exact) mass is 445 g/mol. The van der Waals surface area contributed by atoms with E-state index in [0.717, 1.165) is 17.7 Å². The van der Waals surface area contributed by atoms with E-state index in [9.17, 15) is 23.5 Å². The summed E-state index contributed by atoms with van der Waals surface area (Å²) in [6.07, 6.45) is 2.26. The highest BCUT2D eigenvalue weighted by atomic mass is 35.5. The molecule has 2 aromatic carbocycles. The minimum atomic E-state index is -1.45. The summed E-state index contributed by atoms with van der Waals surface area (Å²) in [5, 5.41) is 20.2. The van der Waals surface area contributed by atoms with E-state index in [0.29, 0.717) is 26.4 Å². The molecule has 0 atom stereocenters. The largest absolute Gasteiger partial charge is 0.493 e. The molecule has 31 heavy (non-hydrogen) atoms. The minimum Gasteiger partial charge on any atom is -0.493 e. The molecule has 7 nitrogen and oxygen atoms in total. The van der Waals surface area contributed by atoms with Crippen LogP contribution >= 0.6 is 11.6 Å². The van der Waals surface area contributed by atoms with Gasteiger partial charge in [-0.25, -0.2) is 18.1 Å². The van der Waals surface area contributed by atoms with Crippen molar-refractivity contribution in [1.29, 1.82) is 0 Å². The number of aliphatic carboxylic acids is 1. The van der Waals surface area contributed by atoms with Crippen molar-refractivity contribution in [3.05, 3.63) is 73.8 Å². The Morgan fingerprint density at radius 1 is 1.29 bits per heavy atom. The first-order chi connectivity index (χ1) is 14.7. The maximum Gasteiger partial charge on any atom is 0.333 e. The third-order valence-corrected chi connectivity index (χ3v) is 5.33. The number of nitrogens with zero attached hydrogens (tertiary/aromatic N) is 2. The van der Waals surface area contributed by atoms with Gasteiger partial charge >= 0.3 is 11.7 Å². The molecule has 0 bridgehead atoms. The zero-order chi connectivity index (χ0) is 22.4. The quantitative estimate of drug-likeness (QED) is 0.564. The van der Waals surface area contributed by atoms with Crippen LogP contribution in [0.1, 0.15) is 22.4 Å². The van der Waals surface area contributed by atoms with E-state index >= 15 is 0 Å². The van der Waals surface area contributed by atoms with Gasteiger partial charge in [0.15, 0.2) is 11.6 Å². The third kappa shape index (κ3) is 3.42. The van der Waals surface area contributed by atoms with Crippen LogP contribution in [0.15, 0.2) is 34.1 Å². The molecule has 0 aliphatic carbocycles. The topological polar surface area (TPSA) is 108 Å². The molecular weight excluding hydrogens is 432 g/mol. The number of imidazole rings is 1. The Bertz CT molecular complexity index is 1370. The first-order valence-corrected chi connectivity index (χ1v) is 9.35. The molecule has 158 valence electrons. The number of aromatic amines is 1. The Hall–Kier alpha value is -3.72. The summed E-state index contributed by atoms with van der Waals surface area (Å²) in [5.74, 6) is -4.76. The van der Waals surface area contributed by atoms with Gasteiger partial charge in [-0.05, 0) is 36.3 Å². The smallest absolute Gasteiger partial charge is 0.333 e. The van der Waals surface area contributed by atoms with Crippen LogP contribution in [-0.2, 0) is 11.2 Å². The highest BCUT2D eigenvalue weighted by Gasteiger charge is 2.24. The summed E-state index contributed by atoms with van der Waals surface area (Å²) in [6, 6.07) is 5.22. The first-order valence-electron chi connectivity index (χ1n) is 8.97. The molecule has 1 aliphatic heterocycles. The molecule has 1 aromatic heterocycles. The number of nitrogens with one attached hydrogen (secondary N) is 1. The van der Waals surface area contributed by atoms with Crippen molar-refractivity contribution in [1.82, 2.24) is 9.55 Å². The van der Waals surface area contributed by atoms with Crippen LogP contribution in [0.4, 0.5) is 14.5 Å². The maximum absolute atomic E-state index is 14.6. The minimum absolute atomic E-state index is 0.0863. The van der Waals surface area contributed by atoms with Gasteiger partial charge in [-0.1, -0.05) is 23.7 Å². The summed E-state index contributed by atoms with van der Waals surface area (Å²) in [4.78, 5) is 30.3. The molecule has 0 saturated carbocycles. The molecule has 0 radical (unpaired) electrons. The molecular formula is C21H14ClF2N3O4. The molecule has 2 heterocycles. The predicted octanol–water partition coefficient (Wildman–Crippen LogP) is 3.99. The van der Waals surface area contributed by atoms with Crippen molar-refractivity contribution < 1.29 is 23.8 Å². The Labute approximate surface area is 178 Å². The Morgan fingerprint density at radius 3 is 2.74 bits per heavy atom. The van der Waals surface area contributed by atoms with Crippen molar-refractivity contribution in [2.75, 3.05) is 0 Å². The number of rotatable bonds is 4. The van der Waals surface area contributed by atoms with E-state index in [2.05, 4.69) is 9.98 Å². The molecule has 0 amide bonds. The molecule has 0 saturated heterocycles. The van der Waals surface area contributed by atoms with E-state index < -0.39 is 41.3 Å². The standard InChI is InChI=1S/C21H14ClF2N3O4/c1-9-13(22)4-3-12-11(8-25-18(9)12)6-15-20(30)27(21(31)26-15)19-10(7-16(28)29)2-5-14(23)17(19)24/h2-6,8,30H,7H2,1H3,(H,26,31)(H,28,29). The predicted molar refractivity (Wildman–Crippen MR) is 112 cm³/mol. The number of fused-ring (bicyclic) bond motifs is 1. The molecule has 1 aliphatic rings. The second-order valence-electron chi connectivity index (χ2n) is 6.87. The van der Waals surface area contributed by atoms with Crippen LogP contribution in [0.25, 0.3) is 17.3 Å². The lowest BCUT2D eigenvalue weighted by Gasteiger charge is -2.11. The normalized spacial score (nSPS) is 13.7. The van der Waals surface area contributed by atoms with E-state index in [4.69, 9.17) is 16.7 Å². The van der Waals surface area contributed by atoms with E-state index in [1.165, 1.54) is 12.3 Å². The van der Waals surface area contributed by atoms with E-state index in [1.54, 1.807) is 19.1 Å². The second kappa shape index (κ2) is 7.51. The van der Waals surface area contributed by atoms with E-state index in [1.807, 2.05) is 0 Å². The van der Waals surface area contributed by atoms with Crippen LogP contribution in [0.5, 0.6) is 5.88 Å². The number of hydrogen-bond acceptors (Lipinski definition) is 4. The number of benzene rings is 2. The number of carboxylic acids is 1. The average molecular weight is 446 g/mol. The molecule has 0 spiro atoms. The Kier molecular flexibility index (Phi) is 4.98. The summed E-state index contributed by atoms with van der Waals surface area (Å²) < 4.78 is 28.9. The number of hydrogen-bond donors (Lipinski definition) is 3. The zero-order valence-corrected chi connectivity index (χ0v) is 16.7. The maximum atomic E-state index is 14.6. The number of allylic oxidation sites excluding steroid dienone is 1. The summed E-state index contributed by atoms with van der Waals surface area (Å²) >= 11 is 6.10. The van der Waals surface area contributed by atoms with Gasteiger partial charge in [0.25, 0.3) is 0 Å². The third-order valence-electron chi connectivity index (χ3n) is 4.92. The van der Waals surface area contributed by atoms with Gasteiger partial charge in [-0.2, -0.15) is 0 Å². The zero-order valence-electron chi connectivity index (χ0n) is 15.9. The van der Waals surface area contributed by atoms with Crippen molar-refractivity contribution in [3.8, 4) is 11.6 Å². The number of halogens is 3. The number of aromatic hydroxyl groups is 1. The van der Waals surface area contributed by atoms with Crippen molar-refractivity contribution in [2.45, 2.75) is 13.3 Å². The second-order valence-corrected chi connectivity index (χ2v) is 7.28. The number of aromatic nitrogens is 2. The van der Waals surface area contributed by atoms with Crippen molar-refractivity contribution in [2.24, 2.45) is 4.99 Å². The molecule has 3 N–H and O–H groups in total. The Morgan fingerprint density at radius 2 is 2.03 bits per heavy atom. The molecule has 3 aromatic rings. The van der Waals surface area contributed by atoms with Crippen LogP contribution in [0.2, 0.25) is 5.02 Å². The van der Waals surface area contributed by atoms with Gasteiger partial charge < -0.3 is 15.2 Å². The number of aliphatic imine (C=N–C) groups is 1. The first kappa shape index (κ1) is 20.5. The fourth-order valence-corrected chi connectivity index (χ4v) is 3.58. The van der Waals surface area contributed by atoms with Crippen LogP contribution in [0.3, 0.4) is 0 Å². The Balaban J connectivity index is 1.87. The fourth-order valence-electron chi connectivity index (χ4n) is 3.43. The number of H-pyrrole nitrogens is 1. The van der Waals surface area contributed by atoms with Gasteiger partial charge in [0.05, 0.1) is 17.8 Å². The lowest BCUT2D eigenvalue weighted by atomic mass is 10.0. The fraction of sp³-hybridized carbons (Fsp3) is 0.0952. The summed E-state index contributed by atoms with van der Waals surface area (Å²) in [7, 11) is 0. The van der Waals surface area contributed by atoms with Crippen LogP contribution in [0, 0.1) is 18.6 Å². The van der Waals surface area contributed by atoms with E-state index in [-0.39, 0.29) is 11.3 Å². The SMILES string of the molecule is Cc1c(Cl)ccc2c1N=CC2=Cc1[nH]c(=O)n(-c2c(CC(=O)O)ccc(F)c2F)c1O. The molecule has 10 heteroatoms. The molecule has 0 unspecified atom stereocenters. The van der Waals surface area contributed by atoms with Gasteiger partial charge in [-0.3, -0.25) is 9.79 Å². The van der Waals surface area contributed by atoms with Crippen LogP contribution in [-0.4, -0.2) is 31.9 Å². The molecule has 4 rings (SSSR count). The van der Waals surface area contributed by atoms with Gasteiger partial charge in [-0.15, -0.1) is 0 Å². The van der Waals surface area contributed by atoms with Crippen LogP contribution < -0.4 is 5.69 Å². The number of carbonyl (C=O) groups is 1. The lowest BCUT2D eigenvalue weighted by molar-refractivity contribution is -0.136. The van der Waals surface area contributed by atoms with Crippen molar-refractivity contribution in [3.63, 3.8) is 0 Å². The highest BCUT2D eigenvalue weighted by Crippen LogP contribution is 2.39. The van der Waals surface area contributed by atoms with Crippen molar-refractivity contribution >= 4 is 41.1 Å². The lowest BCUT2D eigenvalue weighted by Crippen LogP contribution is -2.19. The summed E-state index contributed by atoms with van der Waals surface area (Å²) in [5.41, 5.74) is 0.741. The van der Waals surface area contributed by atoms with Gasteiger partial charge in [0, 0.05) is 22.4 Å². The van der Waals surface area contributed by atoms with Gasteiger partial charge in [0.2, 0.25) is 5.88 Å². The highest BCUT2D eigenvalue weighted by molar-refractivity contribution is 6.32.